The number of fused-ring (bicyclic) bond motifs is 4. The highest BCUT2D eigenvalue weighted by Crippen LogP contribution is 2.53. The number of rotatable bonds is 11. The summed E-state index contributed by atoms with van der Waals surface area (Å²) in [5.74, 6) is 0. The number of nitrogens with zero attached hydrogens (tertiary/aromatic N) is 3. The second-order valence-electron chi connectivity index (χ2n) is 19.6. The SMILES string of the molecule is CC1(C)c2cc(N(c3ccc(-c4ccccc4)cc3)c3ccc(-c4ccccc4)cc3)ccc2-c2ccc(N(c3ccc(-c4nc5ccccc5s4)cc3)c3cc(-c4ccccc4)cc(-c4ccccc4)c3)cc21. The summed E-state index contributed by atoms with van der Waals surface area (Å²) >= 11 is 1.74. The molecule has 0 radical (unpaired) electrons. The van der Waals surface area contributed by atoms with Gasteiger partial charge in [0.1, 0.15) is 5.01 Å². The van der Waals surface area contributed by atoms with E-state index in [1.165, 1.54) is 60.3 Å². The highest BCUT2D eigenvalue weighted by molar-refractivity contribution is 7.21. The summed E-state index contributed by atoms with van der Waals surface area (Å²) in [7, 11) is 0. The Morgan fingerprint density at radius 1 is 0.297 bits per heavy atom. The van der Waals surface area contributed by atoms with Crippen LogP contribution in [-0.2, 0) is 5.41 Å². The van der Waals surface area contributed by atoms with Crippen molar-refractivity contribution in [2.45, 2.75) is 19.3 Å². The molecule has 0 saturated carbocycles. The third-order valence-corrected chi connectivity index (χ3v) is 15.8. The van der Waals surface area contributed by atoms with Gasteiger partial charge >= 0.3 is 0 Å². The molecular formula is C70H51N3S. The third-order valence-electron chi connectivity index (χ3n) is 14.7. The van der Waals surface area contributed by atoms with E-state index < -0.39 is 0 Å². The summed E-state index contributed by atoms with van der Waals surface area (Å²) in [6.07, 6.45) is 0. The van der Waals surface area contributed by atoms with Crippen molar-refractivity contribution in [1.82, 2.24) is 4.98 Å². The molecule has 352 valence electrons. The quantitative estimate of drug-likeness (QED) is 0.129. The van der Waals surface area contributed by atoms with E-state index in [2.05, 4.69) is 297 Å². The Kier molecular flexibility index (Phi) is 11.4. The Hall–Kier alpha value is -9.09. The van der Waals surface area contributed by atoms with Crippen LogP contribution in [0.4, 0.5) is 34.1 Å². The van der Waals surface area contributed by atoms with Gasteiger partial charge in [0.05, 0.1) is 10.2 Å². The maximum Gasteiger partial charge on any atom is 0.124 e. The number of para-hydroxylation sites is 1. The fourth-order valence-electron chi connectivity index (χ4n) is 10.8. The van der Waals surface area contributed by atoms with Gasteiger partial charge in [-0.15, -0.1) is 11.3 Å². The van der Waals surface area contributed by atoms with Crippen molar-refractivity contribution in [3.63, 3.8) is 0 Å². The van der Waals surface area contributed by atoms with E-state index in [0.29, 0.717) is 0 Å². The molecule has 13 rings (SSSR count). The van der Waals surface area contributed by atoms with Crippen LogP contribution in [0.3, 0.4) is 0 Å². The smallest absolute Gasteiger partial charge is 0.124 e. The zero-order valence-electron chi connectivity index (χ0n) is 41.2. The molecule has 1 aromatic heterocycles. The topological polar surface area (TPSA) is 19.4 Å². The molecule has 0 spiro atoms. The summed E-state index contributed by atoms with van der Waals surface area (Å²) in [6.45, 7) is 4.78. The van der Waals surface area contributed by atoms with Crippen LogP contribution in [0.15, 0.2) is 273 Å². The average Bonchev–Trinajstić information content (AvgIpc) is 4.01. The van der Waals surface area contributed by atoms with Crippen molar-refractivity contribution in [1.29, 1.82) is 0 Å². The first-order chi connectivity index (χ1) is 36.4. The van der Waals surface area contributed by atoms with Crippen LogP contribution in [-0.4, -0.2) is 4.98 Å². The molecular weight excluding hydrogens is 915 g/mol. The molecule has 1 aliphatic carbocycles. The summed E-state index contributed by atoms with van der Waals surface area (Å²) in [5, 5.41) is 1.02. The lowest BCUT2D eigenvalue weighted by molar-refractivity contribution is 0.660. The Balaban J connectivity index is 0.922. The van der Waals surface area contributed by atoms with E-state index in [1.54, 1.807) is 11.3 Å². The van der Waals surface area contributed by atoms with E-state index in [4.69, 9.17) is 4.98 Å². The minimum absolute atomic E-state index is 0.319. The molecule has 0 N–H and O–H groups in total. The first-order valence-corrected chi connectivity index (χ1v) is 26.2. The van der Waals surface area contributed by atoms with Crippen LogP contribution in [0.5, 0.6) is 0 Å². The number of hydrogen-bond donors (Lipinski definition) is 0. The molecule has 1 heterocycles. The van der Waals surface area contributed by atoms with Gasteiger partial charge in [-0.2, -0.15) is 0 Å². The molecule has 12 aromatic rings. The largest absolute Gasteiger partial charge is 0.310 e. The molecule has 0 aliphatic heterocycles. The second kappa shape index (κ2) is 18.8. The molecule has 0 fully saturated rings. The summed E-state index contributed by atoms with van der Waals surface area (Å²) < 4.78 is 1.19. The zero-order chi connectivity index (χ0) is 49.6. The average molecular weight is 966 g/mol. The molecule has 3 nitrogen and oxygen atoms in total. The first kappa shape index (κ1) is 44.8. The number of anilines is 6. The number of benzene rings is 11. The lowest BCUT2D eigenvalue weighted by Crippen LogP contribution is -2.17. The molecule has 4 heteroatoms. The van der Waals surface area contributed by atoms with E-state index in [-0.39, 0.29) is 5.41 Å². The monoisotopic (exact) mass is 965 g/mol. The fraction of sp³-hybridized carbons (Fsp3) is 0.0429. The second-order valence-corrected chi connectivity index (χ2v) is 20.6. The Morgan fingerprint density at radius 3 is 1.08 bits per heavy atom. The van der Waals surface area contributed by atoms with Gasteiger partial charge in [-0.05, 0) is 170 Å². The van der Waals surface area contributed by atoms with E-state index in [1.807, 2.05) is 0 Å². The molecule has 0 amide bonds. The zero-order valence-corrected chi connectivity index (χ0v) is 42.0. The number of aromatic nitrogens is 1. The van der Waals surface area contributed by atoms with Gasteiger partial charge in [-0.1, -0.05) is 184 Å². The maximum absolute atomic E-state index is 5.02. The van der Waals surface area contributed by atoms with Gasteiger partial charge in [0.15, 0.2) is 0 Å². The molecule has 74 heavy (non-hydrogen) atoms. The highest BCUT2D eigenvalue weighted by Gasteiger charge is 2.37. The normalized spacial score (nSPS) is 12.3. The predicted octanol–water partition coefficient (Wildman–Crippen LogP) is 19.9. The standard InChI is InChI=1S/C70H51N3S/c1-70(2)65-46-60(72(57-33-27-52(28-34-57)48-17-7-3-8-18-48)58-35-29-53(30-36-58)49-19-9-4-10-20-49)39-41-63(65)64-42-40-61(47-66(64)70)73(59-37-31-54(32-38-59)69-71-67-25-15-16-26-68(67)74-69)62-44-55(50-21-11-5-12-22-50)43-56(45-62)51-23-13-6-14-24-51/h3-47H,1-2H3. The molecule has 0 atom stereocenters. The molecule has 1 aliphatic rings. The van der Waals surface area contributed by atoms with Gasteiger partial charge in [-0.3, -0.25) is 0 Å². The minimum atomic E-state index is -0.319. The number of hydrogen-bond acceptors (Lipinski definition) is 4. The van der Waals surface area contributed by atoms with Crippen molar-refractivity contribution in [3.8, 4) is 66.2 Å². The van der Waals surface area contributed by atoms with Crippen LogP contribution in [0, 0.1) is 0 Å². The van der Waals surface area contributed by atoms with Crippen LogP contribution < -0.4 is 9.80 Å². The maximum atomic E-state index is 5.02. The molecule has 0 saturated heterocycles. The fourth-order valence-corrected chi connectivity index (χ4v) is 11.8. The van der Waals surface area contributed by atoms with Crippen molar-refractivity contribution < 1.29 is 0 Å². The van der Waals surface area contributed by atoms with Crippen molar-refractivity contribution in [2.24, 2.45) is 0 Å². The van der Waals surface area contributed by atoms with Crippen LogP contribution in [0.2, 0.25) is 0 Å². The van der Waals surface area contributed by atoms with Gasteiger partial charge in [0.25, 0.3) is 0 Å². The van der Waals surface area contributed by atoms with Gasteiger partial charge in [0, 0.05) is 45.1 Å². The van der Waals surface area contributed by atoms with Gasteiger partial charge < -0.3 is 9.80 Å². The predicted molar refractivity (Wildman–Crippen MR) is 314 cm³/mol. The molecule has 11 aromatic carbocycles. The van der Waals surface area contributed by atoms with Crippen LogP contribution in [0.1, 0.15) is 25.0 Å². The van der Waals surface area contributed by atoms with Crippen LogP contribution >= 0.6 is 11.3 Å². The Morgan fingerprint density at radius 2 is 0.649 bits per heavy atom. The van der Waals surface area contributed by atoms with E-state index in [9.17, 15) is 0 Å². The molecule has 0 unspecified atom stereocenters. The third kappa shape index (κ3) is 8.35. The van der Waals surface area contributed by atoms with Crippen LogP contribution in [0.25, 0.3) is 76.4 Å². The van der Waals surface area contributed by atoms with Crippen molar-refractivity contribution in [2.75, 3.05) is 9.80 Å². The van der Waals surface area contributed by atoms with E-state index >= 15 is 0 Å². The van der Waals surface area contributed by atoms with E-state index in [0.717, 1.165) is 61.3 Å². The highest BCUT2D eigenvalue weighted by atomic mass is 32.1. The summed E-state index contributed by atoms with van der Waals surface area (Å²) in [5.41, 5.74) is 23.0. The summed E-state index contributed by atoms with van der Waals surface area (Å²) in [4.78, 5) is 9.86. The lowest BCUT2D eigenvalue weighted by Gasteiger charge is -2.30. The first-order valence-electron chi connectivity index (χ1n) is 25.3. The lowest BCUT2D eigenvalue weighted by atomic mass is 9.82. The Bertz CT molecular complexity index is 3770. The van der Waals surface area contributed by atoms with Crippen molar-refractivity contribution in [3.05, 3.63) is 284 Å². The van der Waals surface area contributed by atoms with Gasteiger partial charge in [0.2, 0.25) is 0 Å². The van der Waals surface area contributed by atoms with Crippen molar-refractivity contribution >= 4 is 55.7 Å². The minimum Gasteiger partial charge on any atom is -0.310 e. The number of thiazole rings is 1. The summed E-state index contributed by atoms with van der Waals surface area (Å²) in [6, 6.07) is 99.2. The Labute approximate surface area is 437 Å². The van der Waals surface area contributed by atoms with Gasteiger partial charge in [-0.25, -0.2) is 4.98 Å². The molecule has 0 bridgehead atoms.